The van der Waals surface area contributed by atoms with Crippen LogP contribution in [0, 0.1) is 6.92 Å². The molecular weight excluding hydrogens is 228 g/mol. The van der Waals surface area contributed by atoms with Crippen LogP contribution in [0.5, 0.6) is 0 Å². The molecule has 2 aromatic rings. The lowest BCUT2D eigenvalue weighted by molar-refractivity contribution is -0.128. The van der Waals surface area contributed by atoms with Crippen molar-refractivity contribution in [3.05, 3.63) is 48.4 Å². The zero-order chi connectivity index (χ0) is 13.2. The lowest BCUT2D eigenvalue weighted by atomic mass is 10.2. The Bertz CT molecular complexity index is 455. The van der Waals surface area contributed by atoms with Gasteiger partial charge < -0.3 is 4.74 Å². The third kappa shape index (κ3) is 4.74. The van der Waals surface area contributed by atoms with Crippen LogP contribution in [0.25, 0.3) is 11.3 Å². The van der Waals surface area contributed by atoms with Crippen LogP contribution in [0.3, 0.4) is 0 Å². The zero-order valence-corrected chi connectivity index (χ0v) is 10.5. The lowest BCUT2D eigenvalue weighted by Gasteiger charge is -1.98. The maximum atomic E-state index is 9.18. The molecule has 18 heavy (non-hydrogen) atoms. The predicted molar refractivity (Wildman–Crippen MR) is 69.9 cm³/mol. The first-order valence-electron chi connectivity index (χ1n) is 5.67. The highest BCUT2D eigenvalue weighted by Gasteiger charge is 1.96. The molecule has 0 aliphatic carbocycles. The van der Waals surface area contributed by atoms with Crippen molar-refractivity contribution < 1.29 is 9.53 Å². The molecular formula is C14H16N2O2. The minimum Gasteiger partial charge on any atom is -0.468 e. The van der Waals surface area contributed by atoms with Crippen LogP contribution >= 0.6 is 0 Å². The second-order valence-corrected chi connectivity index (χ2v) is 3.45. The van der Waals surface area contributed by atoms with Gasteiger partial charge in [0.25, 0.3) is 6.47 Å². The molecule has 0 saturated carbocycles. The first-order chi connectivity index (χ1) is 8.77. The summed E-state index contributed by atoms with van der Waals surface area (Å²) in [7, 11) is 0. The number of aryl methyl sites for hydroxylation is 1. The Labute approximate surface area is 107 Å². The van der Waals surface area contributed by atoms with Crippen LogP contribution in [-0.2, 0) is 9.53 Å². The molecule has 0 N–H and O–H groups in total. The van der Waals surface area contributed by atoms with Crippen molar-refractivity contribution >= 4 is 6.47 Å². The van der Waals surface area contributed by atoms with E-state index >= 15 is 0 Å². The number of hydrogen-bond donors (Lipinski definition) is 0. The molecule has 4 heteroatoms. The van der Waals surface area contributed by atoms with Crippen LogP contribution in [0.15, 0.2) is 42.7 Å². The van der Waals surface area contributed by atoms with Crippen molar-refractivity contribution in [2.24, 2.45) is 0 Å². The average Bonchev–Trinajstić information content (AvgIpc) is 2.42. The van der Waals surface area contributed by atoms with Crippen LogP contribution in [0.2, 0.25) is 0 Å². The number of ether oxygens (including phenoxy) is 1. The largest absolute Gasteiger partial charge is 0.468 e. The number of hydrogen-bond acceptors (Lipinski definition) is 4. The number of carbonyl (C=O) groups excluding carboxylic acids is 1. The van der Waals surface area contributed by atoms with Crippen molar-refractivity contribution in [2.45, 2.75) is 13.8 Å². The average molecular weight is 244 g/mol. The number of aromatic nitrogens is 2. The van der Waals surface area contributed by atoms with Crippen molar-refractivity contribution in [1.82, 2.24) is 9.97 Å². The van der Waals surface area contributed by atoms with Gasteiger partial charge in [-0.1, -0.05) is 6.07 Å². The van der Waals surface area contributed by atoms with Crippen molar-refractivity contribution in [3.63, 3.8) is 0 Å². The highest BCUT2D eigenvalue weighted by molar-refractivity contribution is 5.57. The third-order valence-electron chi connectivity index (χ3n) is 2.11. The van der Waals surface area contributed by atoms with E-state index in [0.29, 0.717) is 13.1 Å². The summed E-state index contributed by atoms with van der Waals surface area (Å²) in [4.78, 5) is 17.6. The summed E-state index contributed by atoms with van der Waals surface area (Å²) in [5.41, 5.74) is 3.06. The Hall–Kier alpha value is -2.23. The van der Waals surface area contributed by atoms with Gasteiger partial charge in [0.05, 0.1) is 12.3 Å². The minimum atomic E-state index is 0.431. The van der Waals surface area contributed by atoms with Gasteiger partial charge in [0.2, 0.25) is 0 Å². The Morgan fingerprint density at radius 2 is 2.06 bits per heavy atom. The van der Waals surface area contributed by atoms with E-state index in [0.717, 1.165) is 17.0 Å². The van der Waals surface area contributed by atoms with Gasteiger partial charge in [0, 0.05) is 23.7 Å². The monoisotopic (exact) mass is 244 g/mol. The van der Waals surface area contributed by atoms with Gasteiger partial charge in [-0.15, -0.1) is 0 Å². The summed E-state index contributed by atoms with van der Waals surface area (Å²) >= 11 is 0. The zero-order valence-electron chi connectivity index (χ0n) is 10.5. The van der Waals surface area contributed by atoms with Crippen LogP contribution in [0.1, 0.15) is 12.6 Å². The van der Waals surface area contributed by atoms with E-state index in [1.165, 1.54) is 0 Å². The predicted octanol–water partition coefficient (Wildman–Crippen LogP) is 2.63. The van der Waals surface area contributed by atoms with Crippen LogP contribution < -0.4 is 0 Å². The minimum absolute atomic E-state index is 0.431. The fourth-order valence-electron chi connectivity index (χ4n) is 1.22. The maximum absolute atomic E-state index is 9.18. The quantitative estimate of drug-likeness (QED) is 0.779. The summed E-state index contributed by atoms with van der Waals surface area (Å²) in [6.45, 7) is 4.64. The summed E-state index contributed by atoms with van der Waals surface area (Å²) in [5, 5.41) is 0. The first kappa shape index (κ1) is 13.8. The molecule has 0 amide bonds. The van der Waals surface area contributed by atoms with E-state index < -0.39 is 0 Å². The Kier molecular flexibility index (Phi) is 6.11. The summed E-state index contributed by atoms with van der Waals surface area (Å²) in [6, 6.07) is 9.88. The molecule has 0 atom stereocenters. The SMILES string of the molecule is CCOC=O.Cc1ccc(-c2ccccn2)cn1. The van der Waals surface area contributed by atoms with Gasteiger partial charge in [-0.2, -0.15) is 0 Å². The molecule has 0 saturated heterocycles. The number of pyridine rings is 2. The van der Waals surface area contributed by atoms with E-state index in [1.807, 2.05) is 43.5 Å². The molecule has 0 aromatic carbocycles. The van der Waals surface area contributed by atoms with Gasteiger partial charge >= 0.3 is 0 Å². The molecule has 0 fully saturated rings. The standard InChI is InChI=1S/C11H10N2.C3H6O2/c1-9-5-6-10(8-13-9)11-4-2-3-7-12-11;1-2-5-3-4/h2-8H,1H3;3H,2H2,1H3. The first-order valence-corrected chi connectivity index (χ1v) is 5.67. The van der Waals surface area contributed by atoms with E-state index in [-0.39, 0.29) is 0 Å². The van der Waals surface area contributed by atoms with E-state index in [1.54, 1.807) is 13.1 Å². The Balaban J connectivity index is 0.000000280. The maximum Gasteiger partial charge on any atom is 0.293 e. The molecule has 0 unspecified atom stereocenters. The molecule has 2 rings (SSSR count). The molecule has 4 nitrogen and oxygen atoms in total. The normalized spacial score (nSPS) is 9.00. The number of rotatable bonds is 3. The van der Waals surface area contributed by atoms with Crippen LogP contribution in [0.4, 0.5) is 0 Å². The third-order valence-corrected chi connectivity index (χ3v) is 2.11. The second-order valence-electron chi connectivity index (χ2n) is 3.45. The molecule has 2 heterocycles. The Morgan fingerprint density at radius 1 is 1.22 bits per heavy atom. The topological polar surface area (TPSA) is 52.1 Å². The second kappa shape index (κ2) is 7.95. The van der Waals surface area contributed by atoms with E-state index in [4.69, 9.17) is 0 Å². The van der Waals surface area contributed by atoms with Gasteiger partial charge in [-0.25, -0.2) is 0 Å². The van der Waals surface area contributed by atoms with Crippen molar-refractivity contribution in [1.29, 1.82) is 0 Å². The van der Waals surface area contributed by atoms with Gasteiger partial charge in [-0.3, -0.25) is 14.8 Å². The fourth-order valence-corrected chi connectivity index (χ4v) is 1.22. The molecule has 94 valence electrons. The molecule has 0 bridgehead atoms. The van der Waals surface area contributed by atoms with Crippen molar-refractivity contribution in [3.8, 4) is 11.3 Å². The number of nitrogens with zero attached hydrogens (tertiary/aromatic N) is 2. The van der Waals surface area contributed by atoms with Crippen LogP contribution in [-0.4, -0.2) is 23.0 Å². The summed E-state index contributed by atoms with van der Waals surface area (Å²) in [6.07, 6.45) is 3.63. The molecule has 0 radical (unpaired) electrons. The Morgan fingerprint density at radius 3 is 2.50 bits per heavy atom. The van der Waals surface area contributed by atoms with Gasteiger partial charge in [0.15, 0.2) is 0 Å². The van der Waals surface area contributed by atoms with E-state index in [2.05, 4.69) is 14.7 Å². The lowest BCUT2D eigenvalue weighted by Crippen LogP contribution is -1.84. The summed E-state index contributed by atoms with van der Waals surface area (Å²) in [5.74, 6) is 0. The molecule has 2 aromatic heterocycles. The fraction of sp³-hybridized carbons (Fsp3) is 0.214. The smallest absolute Gasteiger partial charge is 0.293 e. The van der Waals surface area contributed by atoms with E-state index in [9.17, 15) is 4.79 Å². The summed E-state index contributed by atoms with van der Waals surface area (Å²) < 4.78 is 4.15. The molecule has 0 aliphatic heterocycles. The van der Waals surface area contributed by atoms with Gasteiger partial charge in [0.1, 0.15) is 0 Å². The number of carbonyl (C=O) groups is 1. The highest BCUT2D eigenvalue weighted by Crippen LogP contribution is 2.14. The molecule has 0 spiro atoms. The highest BCUT2D eigenvalue weighted by atomic mass is 16.5. The van der Waals surface area contributed by atoms with Crippen molar-refractivity contribution in [2.75, 3.05) is 6.61 Å². The van der Waals surface area contributed by atoms with Gasteiger partial charge in [-0.05, 0) is 38.1 Å². The molecule has 0 aliphatic rings.